The maximum Gasteiger partial charge on any atom is 0.332 e. The van der Waals surface area contributed by atoms with E-state index >= 15 is 0 Å². The van der Waals surface area contributed by atoms with Crippen LogP contribution in [0.25, 0.3) is 11.0 Å². The molecular weight excluding hydrogens is 369 g/mol. The van der Waals surface area contributed by atoms with Crippen LogP contribution >= 0.6 is 24.8 Å². The molecule has 0 aliphatic carbocycles. The zero-order chi connectivity index (χ0) is 17.3. The lowest BCUT2D eigenvalue weighted by Gasteiger charge is -2.17. The number of amides is 1. The van der Waals surface area contributed by atoms with Gasteiger partial charge in [0.05, 0.1) is 5.39 Å². The number of aromatic nitrogens is 3. The summed E-state index contributed by atoms with van der Waals surface area (Å²) in [7, 11) is 6.45. The molecule has 0 aliphatic heterocycles. The molecule has 0 radical (unpaired) electrons. The highest BCUT2D eigenvalue weighted by Gasteiger charge is 2.18. The van der Waals surface area contributed by atoms with Gasteiger partial charge in [-0.3, -0.25) is 18.7 Å². The van der Waals surface area contributed by atoms with Crippen LogP contribution in [0, 0.1) is 6.92 Å². The third-order valence-corrected chi connectivity index (χ3v) is 3.87. The Labute approximate surface area is 157 Å². The van der Waals surface area contributed by atoms with Crippen LogP contribution in [0.5, 0.6) is 0 Å². The molecule has 1 N–H and O–H groups in total. The summed E-state index contributed by atoms with van der Waals surface area (Å²) in [6.45, 7) is 2.93. The molecule has 0 aliphatic rings. The highest BCUT2D eigenvalue weighted by Crippen LogP contribution is 2.13. The van der Waals surface area contributed by atoms with E-state index in [1.165, 1.54) is 18.7 Å². The lowest BCUT2D eigenvalue weighted by atomic mass is 10.1. The van der Waals surface area contributed by atoms with E-state index in [9.17, 15) is 14.4 Å². The van der Waals surface area contributed by atoms with Gasteiger partial charge in [-0.15, -0.1) is 24.8 Å². The second-order valence-corrected chi connectivity index (χ2v) is 5.56. The molecule has 0 atom stereocenters. The van der Waals surface area contributed by atoms with Gasteiger partial charge >= 0.3 is 5.69 Å². The average Bonchev–Trinajstić information content (AvgIpc) is 2.54. The van der Waals surface area contributed by atoms with Crippen LogP contribution in [0.4, 0.5) is 0 Å². The van der Waals surface area contributed by atoms with Crippen molar-refractivity contribution in [1.82, 2.24) is 24.3 Å². The SMILES string of the molecule is CNCCN(C)C(=O)c1cc(C)c2c(=O)n(C)c(=O)n(C)c2n1.Cl.Cl. The van der Waals surface area contributed by atoms with Crippen molar-refractivity contribution in [3.05, 3.63) is 38.2 Å². The number of rotatable bonds is 4. The van der Waals surface area contributed by atoms with Crippen LogP contribution in [-0.4, -0.2) is 52.1 Å². The summed E-state index contributed by atoms with van der Waals surface area (Å²) < 4.78 is 2.33. The lowest BCUT2D eigenvalue weighted by Crippen LogP contribution is -2.38. The Balaban J connectivity index is 0.00000288. The average molecular weight is 392 g/mol. The van der Waals surface area contributed by atoms with E-state index in [-0.39, 0.29) is 42.1 Å². The minimum atomic E-state index is -0.470. The molecule has 2 aromatic rings. The molecule has 0 fully saturated rings. The molecular formula is C15H23Cl2N5O3. The number of nitrogens with one attached hydrogen (secondary N) is 1. The van der Waals surface area contributed by atoms with Gasteiger partial charge in [0.15, 0.2) is 0 Å². The number of nitrogens with zero attached hydrogens (tertiary/aromatic N) is 4. The van der Waals surface area contributed by atoms with Crippen molar-refractivity contribution in [2.24, 2.45) is 14.1 Å². The Kier molecular flexibility index (Phi) is 8.30. The Morgan fingerprint density at radius 3 is 2.40 bits per heavy atom. The number of hydrogen-bond donors (Lipinski definition) is 1. The second-order valence-electron chi connectivity index (χ2n) is 5.56. The number of pyridine rings is 1. The number of halogens is 2. The van der Waals surface area contributed by atoms with E-state index in [0.29, 0.717) is 24.0 Å². The predicted octanol–water partition coefficient (Wildman–Crippen LogP) is 0.0756. The molecule has 2 aromatic heterocycles. The van der Waals surface area contributed by atoms with Gasteiger partial charge in [0.1, 0.15) is 11.3 Å². The molecule has 2 rings (SSSR count). The van der Waals surface area contributed by atoms with Gasteiger partial charge in [-0.1, -0.05) is 0 Å². The monoisotopic (exact) mass is 391 g/mol. The first kappa shape index (κ1) is 23.1. The largest absolute Gasteiger partial charge is 0.339 e. The lowest BCUT2D eigenvalue weighted by molar-refractivity contribution is 0.0791. The molecule has 0 bridgehead atoms. The van der Waals surface area contributed by atoms with Gasteiger partial charge in [-0.05, 0) is 25.6 Å². The fourth-order valence-corrected chi connectivity index (χ4v) is 2.42. The van der Waals surface area contributed by atoms with Crippen LogP contribution in [0.3, 0.4) is 0 Å². The van der Waals surface area contributed by atoms with Gasteiger partial charge in [0, 0.05) is 34.2 Å². The minimum absolute atomic E-state index is 0. The normalized spacial score (nSPS) is 10.1. The first-order valence-corrected chi connectivity index (χ1v) is 7.27. The molecule has 0 saturated carbocycles. The van der Waals surface area contributed by atoms with Gasteiger partial charge in [-0.2, -0.15) is 0 Å². The van der Waals surface area contributed by atoms with Crippen molar-refractivity contribution in [2.75, 3.05) is 27.2 Å². The number of fused-ring (bicyclic) bond motifs is 1. The summed E-state index contributed by atoms with van der Waals surface area (Å²) in [5, 5.41) is 3.32. The highest BCUT2D eigenvalue weighted by molar-refractivity contribution is 5.95. The smallest absolute Gasteiger partial charge is 0.332 e. The maximum atomic E-state index is 12.5. The van der Waals surface area contributed by atoms with E-state index in [4.69, 9.17) is 0 Å². The zero-order valence-corrected chi connectivity index (χ0v) is 16.5. The third-order valence-electron chi connectivity index (χ3n) is 3.87. The van der Waals surface area contributed by atoms with Crippen LogP contribution in [0.2, 0.25) is 0 Å². The minimum Gasteiger partial charge on any atom is -0.339 e. The van der Waals surface area contributed by atoms with Crippen LogP contribution < -0.4 is 16.6 Å². The van der Waals surface area contributed by atoms with Gasteiger partial charge in [0.2, 0.25) is 0 Å². The van der Waals surface area contributed by atoms with Crippen molar-refractivity contribution in [3.63, 3.8) is 0 Å². The van der Waals surface area contributed by atoms with E-state index in [0.717, 1.165) is 4.57 Å². The Bertz CT molecular complexity index is 891. The Hall–Kier alpha value is -1.90. The number of likely N-dealkylation sites (N-methyl/N-ethyl adjacent to an activating group) is 2. The van der Waals surface area contributed by atoms with E-state index in [1.54, 1.807) is 24.9 Å². The highest BCUT2D eigenvalue weighted by atomic mass is 35.5. The molecule has 140 valence electrons. The Morgan fingerprint density at radius 2 is 1.84 bits per heavy atom. The standard InChI is InChI=1S/C15H21N5O3.2ClH/c1-9-8-10(13(21)18(3)7-6-16-2)17-12-11(9)14(22)20(5)15(23)19(12)4;;/h8,16H,6-7H2,1-5H3;2*1H. The van der Waals surface area contributed by atoms with Gasteiger partial charge < -0.3 is 10.2 Å². The van der Waals surface area contributed by atoms with E-state index < -0.39 is 11.2 Å². The summed E-state index contributed by atoms with van der Waals surface area (Å²) in [4.78, 5) is 42.6. The molecule has 0 spiro atoms. The molecule has 0 saturated heterocycles. The Morgan fingerprint density at radius 1 is 1.24 bits per heavy atom. The second kappa shape index (κ2) is 8.98. The van der Waals surface area contributed by atoms with Gasteiger partial charge in [0.25, 0.3) is 11.5 Å². The van der Waals surface area contributed by atoms with Crippen molar-refractivity contribution < 1.29 is 4.79 Å². The zero-order valence-electron chi connectivity index (χ0n) is 14.8. The summed E-state index contributed by atoms with van der Waals surface area (Å²) in [6.07, 6.45) is 0. The molecule has 0 aromatic carbocycles. The van der Waals surface area contributed by atoms with Crippen molar-refractivity contribution >= 4 is 41.8 Å². The van der Waals surface area contributed by atoms with Crippen LogP contribution in [0.1, 0.15) is 16.1 Å². The molecule has 1 amide bonds. The van der Waals surface area contributed by atoms with Crippen molar-refractivity contribution in [1.29, 1.82) is 0 Å². The molecule has 2 heterocycles. The number of hydrogen-bond acceptors (Lipinski definition) is 5. The molecule has 0 unspecified atom stereocenters. The summed E-state index contributed by atoms with van der Waals surface area (Å²) in [6, 6.07) is 1.59. The fourth-order valence-electron chi connectivity index (χ4n) is 2.42. The predicted molar refractivity (Wildman–Crippen MR) is 102 cm³/mol. The topological polar surface area (TPSA) is 89.2 Å². The molecule has 8 nitrogen and oxygen atoms in total. The van der Waals surface area contributed by atoms with Crippen molar-refractivity contribution in [2.45, 2.75) is 6.92 Å². The van der Waals surface area contributed by atoms with Crippen LogP contribution in [0.15, 0.2) is 15.7 Å². The number of carbonyl (C=O) groups excluding carboxylic acids is 1. The first-order valence-electron chi connectivity index (χ1n) is 7.27. The number of aryl methyl sites for hydroxylation is 2. The van der Waals surface area contributed by atoms with Crippen molar-refractivity contribution in [3.8, 4) is 0 Å². The molecule has 25 heavy (non-hydrogen) atoms. The number of carbonyl (C=O) groups is 1. The first-order chi connectivity index (χ1) is 10.8. The summed E-state index contributed by atoms with van der Waals surface area (Å²) in [5.74, 6) is -0.252. The quantitative estimate of drug-likeness (QED) is 0.796. The fraction of sp³-hybridized carbons (Fsp3) is 0.467. The molecule has 10 heteroatoms. The third kappa shape index (κ3) is 4.20. The van der Waals surface area contributed by atoms with Crippen LogP contribution in [-0.2, 0) is 14.1 Å². The summed E-state index contributed by atoms with van der Waals surface area (Å²) >= 11 is 0. The van der Waals surface area contributed by atoms with E-state index in [2.05, 4.69) is 10.3 Å². The maximum absolute atomic E-state index is 12.5. The van der Waals surface area contributed by atoms with Gasteiger partial charge in [-0.25, -0.2) is 9.78 Å². The summed E-state index contributed by atoms with van der Waals surface area (Å²) in [5.41, 5.74) is 0.190. The van der Waals surface area contributed by atoms with E-state index in [1.807, 2.05) is 7.05 Å².